The first-order valence-electron chi connectivity index (χ1n) is 10.4. The van der Waals surface area contributed by atoms with Gasteiger partial charge in [0.15, 0.2) is 0 Å². The zero-order chi connectivity index (χ0) is 21.8. The monoisotopic (exact) mass is 427 g/mol. The predicted molar refractivity (Wildman–Crippen MR) is 127 cm³/mol. The SMILES string of the molecule is CN(C)CCSCC(=O)NCCCC(CC(N)=O)c1cccc(-c2ccccc2)c1. The van der Waals surface area contributed by atoms with E-state index in [-0.39, 0.29) is 17.7 Å². The molecule has 0 heterocycles. The summed E-state index contributed by atoms with van der Waals surface area (Å²) in [6, 6.07) is 18.5. The summed E-state index contributed by atoms with van der Waals surface area (Å²) in [7, 11) is 4.05. The minimum atomic E-state index is -0.300. The van der Waals surface area contributed by atoms with Gasteiger partial charge < -0.3 is 16.0 Å². The Morgan fingerprint density at radius 1 is 1.07 bits per heavy atom. The number of carbonyl (C=O) groups excluding carboxylic acids is 2. The van der Waals surface area contributed by atoms with Crippen molar-refractivity contribution >= 4 is 23.6 Å². The summed E-state index contributed by atoms with van der Waals surface area (Å²) in [5.74, 6) is 1.25. The highest BCUT2D eigenvalue weighted by Crippen LogP contribution is 2.29. The van der Waals surface area contributed by atoms with Crippen molar-refractivity contribution < 1.29 is 9.59 Å². The highest BCUT2D eigenvalue weighted by molar-refractivity contribution is 7.99. The maximum atomic E-state index is 12.0. The standard InChI is InChI=1S/C24H33N3O2S/c1-27(2)14-15-30-18-24(29)26-13-7-12-22(17-23(25)28)21-11-6-10-20(16-21)19-8-4-3-5-9-19/h3-6,8-11,16,22H,7,12-15,17-18H2,1-2H3,(H2,25,28)(H,26,29). The fourth-order valence-corrected chi connectivity index (χ4v) is 4.20. The number of nitrogens with zero attached hydrogens (tertiary/aromatic N) is 1. The van der Waals surface area contributed by atoms with Gasteiger partial charge >= 0.3 is 0 Å². The lowest BCUT2D eigenvalue weighted by Crippen LogP contribution is -2.27. The largest absolute Gasteiger partial charge is 0.370 e. The Morgan fingerprint density at radius 2 is 1.80 bits per heavy atom. The van der Waals surface area contributed by atoms with Crippen LogP contribution in [0.5, 0.6) is 0 Å². The lowest BCUT2D eigenvalue weighted by molar-refractivity contribution is -0.119. The van der Waals surface area contributed by atoms with Crippen molar-refractivity contribution in [2.45, 2.75) is 25.2 Å². The molecule has 0 aliphatic rings. The van der Waals surface area contributed by atoms with Crippen molar-refractivity contribution in [3.05, 3.63) is 60.2 Å². The smallest absolute Gasteiger partial charge is 0.229 e. The number of nitrogens with one attached hydrogen (secondary N) is 1. The molecule has 3 N–H and O–H groups in total. The van der Waals surface area contributed by atoms with E-state index in [4.69, 9.17) is 5.73 Å². The molecule has 162 valence electrons. The summed E-state index contributed by atoms with van der Waals surface area (Å²) in [5.41, 5.74) is 8.90. The Kier molecular flexibility index (Phi) is 10.5. The summed E-state index contributed by atoms with van der Waals surface area (Å²) in [6.45, 7) is 1.58. The van der Waals surface area contributed by atoms with Gasteiger partial charge in [0.25, 0.3) is 0 Å². The normalized spacial score (nSPS) is 12.0. The zero-order valence-corrected chi connectivity index (χ0v) is 18.8. The lowest BCUT2D eigenvalue weighted by atomic mass is 9.89. The maximum absolute atomic E-state index is 12.0. The minimum Gasteiger partial charge on any atom is -0.370 e. The van der Waals surface area contributed by atoms with E-state index in [0.29, 0.717) is 18.7 Å². The van der Waals surface area contributed by atoms with Gasteiger partial charge in [0, 0.05) is 25.3 Å². The highest BCUT2D eigenvalue weighted by atomic mass is 32.2. The fourth-order valence-electron chi connectivity index (χ4n) is 3.27. The van der Waals surface area contributed by atoms with E-state index in [9.17, 15) is 9.59 Å². The molecule has 1 atom stereocenters. The third-order valence-corrected chi connectivity index (χ3v) is 5.82. The van der Waals surface area contributed by atoms with Crippen LogP contribution < -0.4 is 11.1 Å². The molecule has 0 aliphatic heterocycles. The maximum Gasteiger partial charge on any atom is 0.229 e. The summed E-state index contributed by atoms with van der Waals surface area (Å²) in [6.07, 6.45) is 1.92. The van der Waals surface area contributed by atoms with Gasteiger partial charge in [-0.1, -0.05) is 54.6 Å². The number of hydrogen-bond acceptors (Lipinski definition) is 4. The van der Waals surface area contributed by atoms with Crippen LogP contribution in [-0.4, -0.2) is 55.4 Å². The number of thioether (sulfide) groups is 1. The Morgan fingerprint density at radius 3 is 2.50 bits per heavy atom. The molecule has 5 nitrogen and oxygen atoms in total. The molecule has 30 heavy (non-hydrogen) atoms. The minimum absolute atomic E-state index is 0.0533. The van der Waals surface area contributed by atoms with Gasteiger partial charge in [-0.15, -0.1) is 0 Å². The van der Waals surface area contributed by atoms with E-state index in [1.54, 1.807) is 11.8 Å². The Labute approximate surface area is 184 Å². The van der Waals surface area contributed by atoms with Crippen LogP contribution in [-0.2, 0) is 9.59 Å². The molecule has 0 aliphatic carbocycles. The number of carbonyl (C=O) groups is 2. The van der Waals surface area contributed by atoms with E-state index < -0.39 is 0 Å². The molecule has 0 spiro atoms. The summed E-state index contributed by atoms with van der Waals surface area (Å²) >= 11 is 1.64. The van der Waals surface area contributed by atoms with Gasteiger partial charge in [-0.05, 0) is 49.5 Å². The number of hydrogen-bond donors (Lipinski definition) is 2. The molecular weight excluding hydrogens is 394 g/mol. The van der Waals surface area contributed by atoms with E-state index in [0.717, 1.165) is 41.8 Å². The number of primary amides is 1. The summed E-state index contributed by atoms with van der Waals surface area (Å²) < 4.78 is 0. The summed E-state index contributed by atoms with van der Waals surface area (Å²) in [5, 5.41) is 2.98. The van der Waals surface area contributed by atoms with E-state index in [1.807, 2.05) is 38.4 Å². The average molecular weight is 428 g/mol. The van der Waals surface area contributed by atoms with Crippen molar-refractivity contribution in [2.75, 3.05) is 38.7 Å². The quantitative estimate of drug-likeness (QED) is 0.480. The number of benzene rings is 2. The molecule has 2 rings (SSSR count). The molecule has 0 bridgehead atoms. The first-order chi connectivity index (χ1) is 14.5. The van der Waals surface area contributed by atoms with Crippen LogP contribution in [0.3, 0.4) is 0 Å². The molecule has 0 saturated heterocycles. The molecule has 6 heteroatoms. The predicted octanol–water partition coefficient (Wildman–Crippen LogP) is 3.50. The zero-order valence-electron chi connectivity index (χ0n) is 18.0. The van der Waals surface area contributed by atoms with Crippen LogP contribution in [0.25, 0.3) is 11.1 Å². The van der Waals surface area contributed by atoms with Crippen LogP contribution in [0.4, 0.5) is 0 Å². The third-order valence-electron chi connectivity index (χ3n) is 4.88. The van der Waals surface area contributed by atoms with Crippen molar-refractivity contribution in [3.8, 4) is 11.1 Å². The Balaban J connectivity index is 1.86. The molecule has 2 amide bonds. The number of rotatable bonds is 13. The Bertz CT molecular complexity index is 796. The van der Waals surface area contributed by atoms with Crippen LogP contribution in [0.2, 0.25) is 0 Å². The molecule has 2 aromatic carbocycles. The van der Waals surface area contributed by atoms with Gasteiger partial charge in [0.05, 0.1) is 5.75 Å². The number of amides is 2. The average Bonchev–Trinajstić information content (AvgIpc) is 2.74. The van der Waals surface area contributed by atoms with Crippen molar-refractivity contribution in [1.82, 2.24) is 10.2 Å². The molecule has 0 radical (unpaired) electrons. The highest BCUT2D eigenvalue weighted by Gasteiger charge is 2.15. The van der Waals surface area contributed by atoms with E-state index in [2.05, 4.69) is 40.5 Å². The van der Waals surface area contributed by atoms with Crippen molar-refractivity contribution in [3.63, 3.8) is 0 Å². The van der Waals surface area contributed by atoms with Gasteiger partial charge in [0.1, 0.15) is 0 Å². The summed E-state index contributed by atoms with van der Waals surface area (Å²) in [4.78, 5) is 25.7. The van der Waals surface area contributed by atoms with E-state index in [1.165, 1.54) is 0 Å². The molecule has 0 saturated carbocycles. The topological polar surface area (TPSA) is 75.4 Å². The second kappa shape index (κ2) is 13.1. The van der Waals surface area contributed by atoms with E-state index >= 15 is 0 Å². The molecule has 2 aromatic rings. The first-order valence-corrected chi connectivity index (χ1v) is 11.5. The molecule has 0 fully saturated rings. The van der Waals surface area contributed by atoms with Crippen LogP contribution in [0.15, 0.2) is 54.6 Å². The van der Waals surface area contributed by atoms with Gasteiger partial charge in [-0.25, -0.2) is 0 Å². The third kappa shape index (κ3) is 9.01. The van der Waals surface area contributed by atoms with Gasteiger partial charge in [-0.2, -0.15) is 11.8 Å². The second-order valence-corrected chi connectivity index (χ2v) is 8.81. The Hall–Kier alpha value is -2.31. The number of nitrogens with two attached hydrogens (primary N) is 1. The molecule has 0 aromatic heterocycles. The van der Waals surface area contributed by atoms with Gasteiger partial charge in [-0.3, -0.25) is 9.59 Å². The molecule has 1 unspecified atom stereocenters. The van der Waals surface area contributed by atoms with Crippen molar-refractivity contribution in [1.29, 1.82) is 0 Å². The van der Waals surface area contributed by atoms with Crippen LogP contribution in [0, 0.1) is 0 Å². The van der Waals surface area contributed by atoms with Crippen LogP contribution >= 0.6 is 11.8 Å². The fraction of sp³-hybridized carbons (Fsp3) is 0.417. The van der Waals surface area contributed by atoms with Gasteiger partial charge in [0.2, 0.25) is 11.8 Å². The first kappa shape index (κ1) is 24.0. The van der Waals surface area contributed by atoms with Crippen LogP contribution in [0.1, 0.15) is 30.7 Å². The lowest BCUT2D eigenvalue weighted by Gasteiger charge is -2.17. The van der Waals surface area contributed by atoms with Crippen molar-refractivity contribution in [2.24, 2.45) is 5.73 Å². The molecular formula is C24H33N3O2S. The second-order valence-electron chi connectivity index (χ2n) is 7.71.